The summed E-state index contributed by atoms with van der Waals surface area (Å²) in [6.07, 6.45) is 0. The van der Waals surface area contributed by atoms with Crippen molar-refractivity contribution in [2.45, 2.75) is 13.8 Å². The van der Waals surface area contributed by atoms with Crippen LogP contribution in [0.25, 0.3) is 0 Å². The van der Waals surface area contributed by atoms with Gasteiger partial charge in [0.1, 0.15) is 0 Å². The molecule has 0 heterocycles. The van der Waals surface area contributed by atoms with Gasteiger partial charge >= 0.3 is 0 Å². The van der Waals surface area contributed by atoms with Crippen LogP contribution < -0.4 is 10.6 Å². The molecule has 0 spiro atoms. The maximum Gasteiger partial charge on any atom is 0.251 e. The molecule has 0 saturated carbocycles. The first-order valence-electron chi connectivity index (χ1n) is 8.41. The highest BCUT2D eigenvalue weighted by atomic mass is 35.5. The number of halogens is 1. The molecule has 2 aromatic carbocycles. The lowest BCUT2D eigenvalue weighted by Gasteiger charge is -2.18. The zero-order valence-electron chi connectivity index (χ0n) is 15.5. The van der Waals surface area contributed by atoms with Crippen LogP contribution in [-0.2, 0) is 9.59 Å². The van der Waals surface area contributed by atoms with Crippen molar-refractivity contribution in [2.24, 2.45) is 0 Å². The van der Waals surface area contributed by atoms with Crippen molar-refractivity contribution in [1.29, 1.82) is 0 Å². The van der Waals surface area contributed by atoms with E-state index in [1.807, 2.05) is 32.0 Å². The zero-order valence-corrected chi connectivity index (χ0v) is 16.3. The van der Waals surface area contributed by atoms with Gasteiger partial charge in [-0.1, -0.05) is 29.8 Å². The van der Waals surface area contributed by atoms with E-state index in [9.17, 15) is 14.4 Å². The lowest BCUT2D eigenvalue weighted by Crippen LogP contribution is -2.41. The molecule has 6 nitrogen and oxygen atoms in total. The summed E-state index contributed by atoms with van der Waals surface area (Å²) in [6.45, 7) is 3.51. The number of hydrogen-bond donors (Lipinski definition) is 2. The van der Waals surface area contributed by atoms with Gasteiger partial charge in [-0.25, -0.2) is 0 Å². The van der Waals surface area contributed by atoms with Crippen LogP contribution in [-0.4, -0.2) is 42.8 Å². The molecule has 0 aromatic heterocycles. The lowest BCUT2D eigenvalue weighted by molar-refractivity contribution is -0.132. The molecule has 2 aromatic rings. The number of carbonyl (C=O) groups is 3. The van der Waals surface area contributed by atoms with Crippen LogP contribution in [0.1, 0.15) is 21.5 Å². The Bertz CT molecular complexity index is 867. The second-order valence-corrected chi connectivity index (χ2v) is 6.75. The third kappa shape index (κ3) is 6.11. The Labute approximate surface area is 163 Å². The van der Waals surface area contributed by atoms with E-state index in [0.717, 1.165) is 16.8 Å². The molecule has 142 valence electrons. The Morgan fingerprint density at radius 1 is 1.07 bits per heavy atom. The molecule has 0 aliphatic rings. The Balaban J connectivity index is 1.85. The van der Waals surface area contributed by atoms with Gasteiger partial charge in [-0.3, -0.25) is 14.4 Å². The van der Waals surface area contributed by atoms with E-state index in [1.165, 1.54) is 18.0 Å². The second-order valence-electron chi connectivity index (χ2n) is 6.31. The van der Waals surface area contributed by atoms with Gasteiger partial charge in [0.05, 0.1) is 13.1 Å². The van der Waals surface area contributed by atoms with Crippen molar-refractivity contribution >= 4 is 35.0 Å². The molecule has 0 saturated heterocycles. The molecule has 0 atom stereocenters. The summed E-state index contributed by atoms with van der Waals surface area (Å²) in [5.74, 6) is -1.08. The third-order valence-corrected chi connectivity index (χ3v) is 4.20. The first kappa shape index (κ1) is 20.5. The number of likely N-dealkylation sites (N-methyl/N-ethyl adjacent to an activating group) is 1. The number of anilines is 1. The SMILES string of the molecule is Cc1ccc(C)c(NC(=O)CN(C)C(=O)CNC(=O)c2cccc(Cl)c2)c1. The predicted octanol–water partition coefficient (Wildman–Crippen LogP) is 2.78. The van der Waals surface area contributed by atoms with Crippen molar-refractivity contribution < 1.29 is 14.4 Å². The minimum atomic E-state index is -0.404. The highest BCUT2D eigenvalue weighted by Crippen LogP contribution is 2.16. The van der Waals surface area contributed by atoms with E-state index in [2.05, 4.69) is 10.6 Å². The fourth-order valence-corrected chi connectivity index (χ4v) is 2.58. The number of rotatable bonds is 6. The molecule has 3 amide bonds. The number of hydrogen-bond acceptors (Lipinski definition) is 3. The number of nitrogens with one attached hydrogen (secondary N) is 2. The Kier molecular flexibility index (Phi) is 6.96. The summed E-state index contributed by atoms with van der Waals surface area (Å²) < 4.78 is 0. The summed E-state index contributed by atoms with van der Waals surface area (Å²) in [7, 11) is 1.51. The number of nitrogens with zero attached hydrogens (tertiary/aromatic N) is 1. The summed E-state index contributed by atoms with van der Waals surface area (Å²) >= 11 is 5.85. The fourth-order valence-electron chi connectivity index (χ4n) is 2.39. The topological polar surface area (TPSA) is 78.5 Å². The van der Waals surface area contributed by atoms with E-state index < -0.39 is 5.91 Å². The summed E-state index contributed by atoms with van der Waals surface area (Å²) in [5.41, 5.74) is 3.06. The van der Waals surface area contributed by atoms with Crippen molar-refractivity contribution in [3.8, 4) is 0 Å². The monoisotopic (exact) mass is 387 g/mol. The smallest absolute Gasteiger partial charge is 0.251 e. The molecule has 0 unspecified atom stereocenters. The summed E-state index contributed by atoms with van der Waals surface area (Å²) in [6, 6.07) is 12.2. The van der Waals surface area contributed by atoms with Gasteiger partial charge in [0.15, 0.2) is 0 Å². The first-order chi connectivity index (χ1) is 12.8. The molecule has 2 rings (SSSR count). The van der Waals surface area contributed by atoms with Gasteiger partial charge in [0.2, 0.25) is 11.8 Å². The molecular formula is C20H22ClN3O3. The van der Waals surface area contributed by atoms with Gasteiger partial charge in [-0.05, 0) is 49.2 Å². The quantitative estimate of drug-likeness (QED) is 0.800. The number of aryl methyl sites for hydroxylation is 2. The number of carbonyl (C=O) groups excluding carboxylic acids is 3. The van der Waals surface area contributed by atoms with E-state index in [1.54, 1.807) is 18.2 Å². The van der Waals surface area contributed by atoms with Crippen LogP contribution in [0.5, 0.6) is 0 Å². The zero-order chi connectivity index (χ0) is 20.0. The minimum Gasteiger partial charge on any atom is -0.343 e. The van der Waals surface area contributed by atoms with Gasteiger partial charge in [-0.15, -0.1) is 0 Å². The molecule has 0 aliphatic heterocycles. The number of benzene rings is 2. The molecule has 0 bridgehead atoms. The third-order valence-electron chi connectivity index (χ3n) is 3.96. The Hall–Kier alpha value is -2.86. The van der Waals surface area contributed by atoms with E-state index in [0.29, 0.717) is 10.6 Å². The van der Waals surface area contributed by atoms with Crippen LogP contribution >= 0.6 is 11.6 Å². The van der Waals surface area contributed by atoms with Crippen LogP contribution in [0.3, 0.4) is 0 Å². The van der Waals surface area contributed by atoms with Gasteiger partial charge in [0.25, 0.3) is 5.91 Å². The largest absolute Gasteiger partial charge is 0.343 e. The number of amides is 3. The summed E-state index contributed by atoms with van der Waals surface area (Å²) in [5, 5.41) is 5.76. The van der Waals surface area contributed by atoms with Crippen molar-refractivity contribution in [1.82, 2.24) is 10.2 Å². The van der Waals surface area contributed by atoms with E-state index >= 15 is 0 Å². The predicted molar refractivity (Wildman–Crippen MR) is 106 cm³/mol. The van der Waals surface area contributed by atoms with Gasteiger partial charge in [0, 0.05) is 23.3 Å². The van der Waals surface area contributed by atoms with Crippen LogP contribution in [0.4, 0.5) is 5.69 Å². The normalized spacial score (nSPS) is 10.2. The molecule has 27 heavy (non-hydrogen) atoms. The lowest BCUT2D eigenvalue weighted by atomic mass is 10.1. The van der Waals surface area contributed by atoms with E-state index in [4.69, 9.17) is 11.6 Å². The molecule has 2 N–H and O–H groups in total. The van der Waals surface area contributed by atoms with Gasteiger partial charge in [-0.2, -0.15) is 0 Å². The van der Waals surface area contributed by atoms with Crippen LogP contribution in [0.15, 0.2) is 42.5 Å². The Morgan fingerprint density at radius 3 is 2.52 bits per heavy atom. The van der Waals surface area contributed by atoms with Crippen molar-refractivity contribution in [3.05, 3.63) is 64.2 Å². The van der Waals surface area contributed by atoms with Crippen molar-refractivity contribution in [2.75, 3.05) is 25.5 Å². The van der Waals surface area contributed by atoms with Crippen LogP contribution in [0, 0.1) is 13.8 Å². The highest BCUT2D eigenvalue weighted by molar-refractivity contribution is 6.31. The minimum absolute atomic E-state index is 0.112. The average Bonchev–Trinajstić information content (AvgIpc) is 2.62. The molecule has 0 aliphatic carbocycles. The van der Waals surface area contributed by atoms with Gasteiger partial charge < -0.3 is 15.5 Å². The second kappa shape index (κ2) is 9.19. The average molecular weight is 388 g/mol. The maximum absolute atomic E-state index is 12.2. The first-order valence-corrected chi connectivity index (χ1v) is 8.79. The van der Waals surface area contributed by atoms with Crippen LogP contribution in [0.2, 0.25) is 5.02 Å². The maximum atomic E-state index is 12.2. The molecule has 7 heteroatoms. The fraction of sp³-hybridized carbons (Fsp3) is 0.250. The molecular weight excluding hydrogens is 366 g/mol. The summed E-state index contributed by atoms with van der Waals surface area (Å²) in [4.78, 5) is 37.6. The standard InChI is InChI=1S/C20H22ClN3O3/c1-13-7-8-14(2)17(9-13)23-18(25)12-24(3)19(26)11-22-20(27)15-5-4-6-16(21)10-15/h4-10H,11-12H2,1-3H3,(H,22,27)(H,23,25). The Morgan fingerprint density at radius 2 is 1.81 bits per heavy atom. The molecule has 0 radical (unpaired) electrons. The highest BCUT2D eigenvalue weighted by Gasteiger charge is 2.15. The van der Waals surface area contributed by atoms with E-state index in [-0.39, 0.29) is 24.9 Å². The van der Waals surface area contributed by atoms with Crippen molar-refractivity contribution in [3.63, 3.8) is 0 Å². The molecule has 0 fully saturated rings.